The Morgan fingerprint density at radius 2 is 2.25 bits per heavy atom. The first-order chi connectivity index (χ1) is 7.72. The van der Waals surface area contributed by atoms with Gasteiger partial charge in [-0.25, -0.2) is 0 Å². The smallest absolute Gasteiger partial charge is 0.119 e. The fourth-order valence-electron chi connectivity index (χ4n) is 2.21. The summed E-state index contributed by atoms with van der Waals surface area (Å²) in [7, 11) is 4.24. The van der Waals surface area contributed by atoms with E-state index in [1.165, 1.54) is 11.1 Å². The van der Waals surface area contributed by atoms with Gasteiger partial charge in [0.05, 0.1) is 6.61 Å². The van der Waals surface area contributed by atoms with E-state index in [4.69, 9.17) is 4.74 Å². The Hall–Kier alpha value is -1.06. The minimum atomic E-state index is 0.448. The maximum Gasteiger partial charge on any atom is 0.119 e. The Morgan fingerprint density at radius 3 is 2.94 bits per heavy atom. The topological polar surface area (TPSA) is 24.5 Å². The third-order valence-corrected chi connectivity index (χ3v) is 3.06. The van der Waals surface area contributed by atoms with Gasteiger partial charge in [-0.3, -0.25) is 0 Å². The number of likely N-dealkylation sites (N-methyl/N-ethyl adjacent to an activating group) is 1. The summed E-state index contributed by atoms with van der Waals surface area (Å²) >= 11 is 0. The van der Waals surface area contributed by atoms with E-state index in [1.54, 1.807) is 0 Å². The van der Waals surface area contributed by atoms with Crippen molar-refractivity contribution in [2.45, 2.75) is 19.5 Å². The van der Waals surface area contributed by atoms with Crippen LogP contribution in [0.3, 0.4) is 0 Å². The summed E-state index contributed by atoms with van der Waals surface area (Å²) in [6.45, 7) is 4.72. The molecule has 1 aromatic rings. The standard InChI is InChI=1S/C13H20N2O/c1-4-16-11-6-5-10-8-14-9-13(15(2)3)12(10)7-11/h5-7,13-14H,4,8-9H2,1-3H3/t13-/m0/s1. The van der Waals surface area contributed by atoms with Crippen LogP contribution in [0.1, 0.15) is 24.1 Å². The molecule has 0 unspecified atom stereocenters. The first-order valence-corrected chi connectivity index (χ1v) is 5.85. The maximum atomic E-state index is 5.56. The van der Waals surface area contributed by atoms with Crippen LogP contribution in [0.5, 0.6) is 5.75 Å². The fourth-order valence-corrected chi connectivity index (χ4v) is 2.21. The van der Waals surface area contributed by atoms with E-state index < -0.39 is 0 Å². The van der Waals surface area contributed by atoms with Crippen molar-refractivity contribution >= 4 is 0 Å². The number of ether oxygens (including phenoxy) is 1. The molecular weight excluding hydrogens is 200 g/mol. The fraction of sp³-hybridized carbons (Fsp3) is 0.538. The lowest BCUT2D eigenvalue weighted by Gasteiger charge is -2.31. The summed E-state index contributed by atoms with van der Waals surface area (Å²) < 4.78 is 5.56. The summed E-state index contributed by atoms with van der Waals surface area (Å²) in [6.07, 6.45) is 0. The van der Waals surface area contributed by atoms with Crippen LogP contribution < -0.4 is 10.1 Å². The highest BCUT2D eigenvalue weighted by molar-refractivity contribution is 5.39. The summed E-state index contributed by atoms with van der Waals surface area (Å²) in [5.41, 5.74) is 2.78. The maximum absolute atomic E-state index is 5.56. The van der Waals surface area contributed by atoms with Crippen LogP contribution >= 0.6 is 0 Å². The molecular formula is C13H20N2O. The number of hydrogen-bond acceptors (Lipinski definition) is 3. The first-order valence-electron chi connectivity index (χ1n) is 5.85. The van der Waals surface area contributed by atoms with Crippen molar-refractivity contribution in [2.24, 2.45) is 0 Å². The molecule has 1 atom stereocenters. The minimum absolute atomic E-state index is 0.448. The molecule has 0 aromatic heterocycles. The zero-order valence-corrected chi connectivity index (χ0v) is 10.3. The van der Waals surface area contributed by atoms with Gasteiger partial charge in [0.15, 0.2) is 0 Å². The Balaban J connectivity index is 2.32. The van der Waals surface area contributed by atoms with E-state index >= 15 is 0 Å². The molecule has 1 aliphatic heterocycles. The number of rotatable bonds is 3. The normalized spacial score (nSPS) is 19.6. The van der Waals surface area contributed by atoms with Crippen LogP contribution in [-0.2, 0) is 6.54 Å². The van der Waals surface area contributed by atoms with Gasteiger partial charge in [-0.15, -0.1) is 0 Å². The van der Waals surface area contributed by atoms with E-state index in [2.05, 4.69) is 42.5 Å². The van der Waals surface area contributed by atoms with Crippen molar-refractivity contribution in [3.05, 3.63) is 29.3 Å². The van der Waals surface area contributed by atoms with Gasteiger partial charge in [-0.1, -0.05) is 6.07 Å². The molecule has 0 amide bonds. The van der Waals surface area contributed by atoms with E-state index in [-0.39, 0.29) is 0 Å². The number of benzene rings is 1. The van der Waals surface area contributed by atoms with Gasteiger partial charge >= 0.3 is 0 Å². The average molecular weight is 220 g/mol. The Kier molecular flexibility index (Phi) is 3.46. The van der Waals surface area contributed by atoms with Crippen LogP contribution in [-0.4, -0.2) is 32.1 Å². The highest BCUT2D eigenvalue weighted by atomic mass is 16.5. The second-order valence-electron chi connectivity index (χ2n) is 4.40. The van der Waals surface area contributed by atoms with Gasteiger partial charge in [0.1, 0.15) is 5.75 Å². The molecule has 3 nitrogen and oxygen atoms in total. The molecule has 3 heteroatoms. The zero-order chi connectivity index (χ0) is 11.5. The lowest BCUT2D eigenvalue weighted by Crippen LogP contribution is -2.35. The van der Waals surface area contributed by atoms with Crippen molar-refractivity contribution in [1.82, 2.24) is 10.2 Å². The lowest BCUT2D eigenvalue weighted by molar-refractivity contribution is 0.273. The highest BCUT2D eigenvalue weighted by Gasteiger charge is 2.21. The molecule has 0 aliphatic carbocycles. The molecule has 0 bridgehead atoms. The number of nitrogens with zero attached hydrogens (tertiary/aromatic N) is 1. The quantitative estimate of drug-likeness (QED) is 0.840. The monoisotopic (exact) mass is 220 g/mol. The molecule has 0 radical (unpaired) electrons. The third-order valence-electron chi connectivity index (χ3n) is 3.06. The van der Waals surface area contributed by atoms with Crippen molar-refractivity contribution < 1.29 is 4.74 Å². The molecule has 0 saturated heterocycles. The molecule has 0 fully saturated rings. The van der Waals surface area contributed by atoms with E-state index in [0.717, 1.165) is 25.4 Å². The van der Waals surface area contributed by atoms with E-state index in [9.17, 15) is 0 Å². The highest BCUT2D eigenvalue weighted by Crippen LogP contribution is 2.29. The molecule has 88 valence electrons. The zero-order valence-electron chi connectivity index (χ0n) is 10.3. The van der Waals surface area contributed by atoms with Crippen molar-refractivity contribution in [3.63, 3.8) is 0 Å². The van der Waals surface area contributed by atoms with Crippen LogP contribution in [0.4, 0.5) is 0 Å². The summed E-state index contributed by atoms with van der Waals surface area (Å²) in [4.78, 5) is 2.25. The van der Waals surface area contributed by atoms with Crippen molar-refractivity contribution in [1.29, 1.82) is 0 Å². The molecule has 1 aromatic carbocycles. The number of hydrogen-bond donors (Lipinski definition) is 1. The van der Waals surface area contributed by atoms with Gasteiger partial charge in [0.25, 0.3) is 0 Å². The Labute approximate surface area is 97.4 Å². The Bertz CT molecular complexity index is 363. The van der Waals surface area contributed by atoms with Gasteiger partial charge in [0.2, 0.25) is 0 Å². The molecule has 0 spiro atoms. The van der Waals surface area contributed by atoms with Crippen LogP contribution in [0, 0.1) is 0 Å². The van der Waals surface area contributed by atoms with Crippen molar-refractivity contribution in [2.75, 3.05) is 27.2 Å². The lowest BCUT2D eigenvalue weighted by atomic mass is 9.96. The van der Waals surface area contributed by atoms with Crippen LogP contribution in [0.25, 0.3) is 0 Å². The largest absolute Gasteiger partial charge is 0.494 e. The first kappa shape index (κ1) is 11.4. The van der Waals surface area contributed by atoms with E-state index in [1.807, 2.05) is 6.92 Å². The summed E-state index contributed by atoms with van der Waals surface area (Å²) in [5, 5.41) is 3.44. The minimum Gasteiger partial charge on any atom is -0.494 e. The second-order valence-corrected chi connectivity index (χ2v) is 4.40. The predicted molar refractivity (Wildman–Crippen MR) is 65.7 cm³/mol. The molecule has 16 heavy (non-hydrogen) atoms. The molecule has 1 N–H and O–H groups in total. The van der Waals surface area contributed by atoms with Crippen LogP contribution in [0.2, 0.25) is 0 Å². The van der Waals surface area contributed by atoms with E-state index in [0.29, 0.717) is 6.04 Å². The van der Waals surface area contributed by atoms with Crippen LogP contribution in [0.15, 0.2) is 18.2 Å². The second kappa shape index (κ2) is 4.85. The average Bonchev–Trinajstić information content (AvgIpc) is 2.28. The van der Waals surface area contributed by atoms with Gasteiger partial charge in [-0.2, -0.15) is 0 Å². The number of nitrogens with one attached hydrogen (secondary N) is 1. The van der Waals surface area contributed by atoms with Gasteiger partial charge in [-0.05, 0) is 44.3 Å². The van der Waals surface area contributed by atoms with Gasteiger partial charge < -0.3 is 15.0 Å². The predicted octanol–water partition coefficient (Wildman–Crippen LogP) is 1.79. The number of fused-ring (bicyclic) bond motifs is 1. The molecule has 1 aliphatic rings. The molecule has 2 rings (SSSR count). The molecule has 1 heterocycles. The van der Waals surface area contributed by atoms with Gasteiger partial charge in [0, 0.05) is 19.1 Å². The molecule has 0 saturated carbocycles. The summed E-state index contributed by atoms with van der Waals surface area (Å²) in [5.74, 6) is 0.981. The SMILES string of the molecule is CCOc1ccc2c(c1)[C@@H](N(C)C)CNC2. The summed E-state index contributed by atoms with van der Waals surface area (Å²) in [6, 6.07) is 6.86. The van der Waals surface area contributed by atoms with Crippen molar-refractivity contribution in [3.8, 4) is 5.75 Å². The Morgan fingerprint density at radius 1 is 1.44 bits per heavy atom. The third kappa shape index (κ3) is 2.20.